The molecule has 1 aromatic heterocycles. The lowest BCUT2D eigenvalue weighted by molar-refractivity contribution is 0.327. The molecule has 0 aliphatic rings. The third-order valence-electron chi connectivity index (χ3n) is 3.63. The Balaban J connectivity index is 3.29. The minimum atomic E-state index is 0.0727. The van der Waals surface area contributed by atoms with E-state index < -0.39 is 0 Å². The van der Waals surface area contributed by atoms with Gasteiger partial charge in [-0.3, -0.25) is 10.1 Å². The Kier molecular flexibility index (Phi) is 3.74. The van der Waals surface area contributed by atoms with Crippen molar-refractivity contribution in [2.24, 2.45) is 18.2 Å². The molecule has 0 aliphatic carbocycles. The Morgan fingerprint density at radius 2 is 1.94 bits per heavy atom. The number of nitrogens with one attached hydrogen (secondary N) is 1. The smallest absolute Gasteiger partial charge is 0.137 e. The third-order valence-corrected chi connectivity index (χ3v) is 3.63. The highest BCUT2D eigenvalue weighted by Gasteiger charge is 2.28. The lowest BCUT2D eigenvalue weighted by Gasteiger charge is -2.37. The predicted octanol–water partition coefficient (Wildman–Crippen LogP) is 1.88. The van der Waals surface area contributed by atoms with Gasteiger partial charge in [0.15, 0.2) is 0 Å². The molecule has 5 nitrogen and oxygen atoms in total. The zero-order valence-corrected chi connectivity index (χ0v) is 12.5. The van der Waals surface area contributed by atoms with Crippen LogP contribution in [0.25, 0.3) is 0 Å². The van der Waals surface area contributed by atoms with Crippen LogP contribution in [0, 0.1) is 17.7 Å². The van der Waals surface area contributed by atoms with E-state index in [1.165, 1.54) is 0 Å². The van der Waals surface area contributed by atoms with Crippen molar-refractivity contribution in [2.75, 3.05) is 11.9 Å². The van der Waals surface area contributed by atoms with Gasteiger partial charge in [-0.1, -0.05) is 20.8 Å². The summed E-state index contributed by atoms with van der Waals surface area (Å²) in [4.78, 5) is 2.15. The van der Waals surface area contributed by atoms with Crippen molar-refractivity contribution in [3.05, 3.63) is 11.3 Å². The van der Waals surface area contributed by atoms with E-state index in [2.05, 4.69) is 37.7 Å². The lowest BCUT2D eigenvalue weighted by Crippen LogP contribution is -2.41. The molecule has 102 valence electrons. The zero-order chi connectivity index (χ0) is 14.2. The van der Waals surface area contributed by atoms with Gasteiger partial charge >= 0.3 is 0 Å². The molecule has 0 amide bonds. The van der Waals surface area contributed by atoms with Crippen molar-refractivity contribution in [1.29, 1.82) is 5.41 Å². The summed E-state index contributed by atoms with van der Waals surface area (Å²) in [6.07, 6.45) is 0. The summed E-state index contributed by atoms with van der Waals surface area (Å²) in [6.45, 7) is 10.7. The second kappa shape index (κ2) is 4.63. The minimum absolute atomic E-state index is 0.0727. The molecule has 1 unspecified atom stereocenters. The summed E-state index contributed by atoms with van der Waals surface area (Å²) in [5, 5.41) is 12.1. The molecule has 18 heavy (non-hydrogen) atoms. The van der Waals surface area contributed by atoms with Gasteiger partial charge in [-0.15, -0.1) is 0 Å². The number of hydrogen-bond donors (Lipinski definition) is 2. The number of nitrogen functional groups attached to an aromatic ring is 1. The summed E-state index contributed by atoms with van der Waals surface area (Å²) in [5.74, 6) is 0.978. The van der Waals surface area contributed by atoms with Gasteiger partial charge in [-0.05, 0) is 19.3 Å². The van der Waals surface area contributed by atoms with Crippen LogP contribution in [0.15, 0.2) is 0 Å². The standard InChI is InChI=1S/C13H25N5/c1-8-10(11(14)15)12(18(7)16-8)17(6)9(2)13(3,4)5/h9H,1-7H3,(H3,14,15). The van der Waals surface area contributed by atoms with Gasteiger partial charge < -0.3 is 10.6 Å². The van der Waals surface area contributed by atoms with Crippen molar-refractivity contribution >= 4 is 11.7 Å². The fraction of sp³-hybridized carbons (Fsp3) is 0.692. The van der Waals surface area contributed by atoms with Gasteiger partial charge in [0.05, 0.1) is 11.3 Å². The largest absolute Gasteiger partial charge is 0.384 e. The topological polar surface area (TPSA) is 70.9 Å². The number of aromatic nitrogens is 2. The fourth-order valence-corrected chi connectivity index (χ4v) is 2.13. The number of rotatable bonds is 3. The Morgan fingerprint density at radius 3 is 2.33 bits per heavy atom. The zero-order valence-electron chi connectivity index (χ0n) is 12.5. The number of hydrogen-bond acceptors (Lipinski definition) is 3. The number of aryl methyl sites for hydroxylation is 2. The maximum absolute atomic E-state index is 7.72. The van der Waals surface area contributed by atoms with Crippen LogP contribution in [0.2, 0.25) is 0 Å². The van der Waals surface area contributed by atoms with Crippen LogP contribution in [0.3, 0.4) is 0 Å². The molecule has 0 saturated carbocycles. The average Bonchev–Trinajstić information content (AvgIpc) is 2.49. The van der Waals surface area contributed by atoms with Crippen molar-refractivity contribution in [3.63, 3.8) is 0 Å². The second-order valence-electron chi connectivity index (χ2n) is 5.97. The quantitative estimate of drug-likeness (QED) is 0.636. The van der Waals surface area contributed by atoms with E-state index in [0.717, 1.165) is 17.1 Å². The first-order valence-electron chi connectivity index (χ1n) is 6.18. The third kappa shape index (κ3) is 2.49. The van der Waals surface area contributed by atoms with Crippen molar-refractivity contribution in [2.45, 2.75) is 40.7 Å². The summed E-state index contributed by atoms with van der Waals surface area (Å²) in [6, 6.07) is 0.311. The maximum atomic E-state index is 7.72. The molecular weight excluding hydrogens is 226 g/mol. The molecule has 0 fully saturated rings. The van der Waals surface area contributed by atoms with Crippen LogP contribution in [0.1, 0.15) is 39.0 Å². The first-order valence-corrected chi connectivity index (χ1v) is 6.18. The molecule has 3 N–H and O–H groups in total. The Hall–Kier alpha value is -1.52. The van der Waals surface area contributed by atoms with Crippen molar-refractivity contribution in [3.8, 4) is 0 Å². The molecule has 1 atom stereocenters. The molecule has 1 heterocycles. The van der Waals surface area contributed by atoms with Crippen molar-refractivity contribution in [1.82, 2.24) is 9.78 Å². The molecule has 0 bridgehead atoms. The van der Waals surface area contributed by atoms with E-state index in [-0.39, 0.29) is 11.3 Å². The fourth-order valence-electron chi connectivity index (χ4n) is 2.13. The Morgan fingerprint density at radius 1 is 1.44 bits per heavy atom. The molecule has 1 aromatic rings. The molecule has 0 radical (unpaired) electrons. The van der Waals surface area contributed by atoms with Crippen LogP contribution in [-0.2, 0) is 7.05 Å². The summed E-state index contributed by atoms with van der Waals surface area (Å²) in [7, 11) is 3.92. The van der Waals surface area contributed by atoms with Crippen LogP contribution < -0.4 is 10.6 Å². The molecule has 1 rings (SSSR count). The predicted molar refractivity (Wildman–Crippen MR) is 76.3 cm³/mol. The van der Waals surface area contributed by atoms with Gasteiger partial charge in [0, 0.05) is 20.1 Å². The van der Waals surface area contributed by atoms with Gasteiger partial charge in [0.2, 0.25) is 0 Å². The highest BCUT2D eigenvalue weighted by Crippen LogP contribution is 2.30. The van der Waals surface area contributed by atoms with Gasteiger partial charge in [0.1, 0.15) is 11.7 Å². The number of nitrogens with two attached hydrogens (primary N) is 1. The van der Waals surface area contributed by atoms with Crippen molar-refractivity contribution < 1.29 is 0 Å². The summed E-state index contributed by atoms with van der Waals surface area (Å²) >= 11 is 0. The normalized spacial score (nSPS) is 13.5. The molecule has 5 heteroatoms. The van der Waals surface area contributed by atoms with E-state index in [9.17, 15) is 0 Å². The maximum Gasteiger partial charge on any atom is 0.137 e. The van der Waals surface area contributed by atoms with Crippen LogP contribution in [-0.4, -0.2) is 28.7 Å². The van der Waals surface area contributed by atoms with Crippen LogP contribution >= 0.6 is 0 Å². The summed E-state index contributed by atoms with van der Waals surface area (Å²) < 4.78 is 1.80. The van der Waals surface area contributed by atoms with Gasteiger partial charge in [-0.25, -0.2) is 0 Å². The highest BCUT2D eigenvalue weighted by atomic mass is 15.4. The second-order valence-corrected chi connectivity index (χ2v) is 5.97. The van der Waals surface area contributed by atoms with E-state index >= 15 is 0 Å². The van der Waals surface area contributed by atoms with E-state index in [1.807, 2.05) is 21.0 Å². The minimum Gasteiger partial charge on any atom is -0.384 e. The van der Waals surface area contributed by atoms with E-state index in [0.29, 0.717) is 6.04 Å². The molecular formula is C13H25N5. The van der Waals surface area contributed by atoms with E-state index in [1.54, 1.807) is 4.68 Å². The molecule has 0 aliphatic heterocycles. The summed E-state index contributed by atoms with van der Waals surface area (Å²) in [5.41, 5.74) is 7.35. The van der Waals surface area contributed by atoms with E-state index in [4.69, 9.17) is 11.1 Å². The Labute approximate surface area is 109 Å². The lowest BCUT2D eigenvalue weighted by atomic mass is 9.87. The highest BCUT2D eigenvalue weighted by molar-refractivity contribution is 6.00. The monoisotopic (exact) mass is 251 g/mol. The molecule has 0 aromatic carbocycles. The first-order chi connectivity index (χ1) is 8.07. The number of nitrogens with zero attached hydrogens (tertiary/aromatic N) is 3. The van der Waals surface area contributed by atoms with Crippen LogP contribution in [0.4, 0.5) is 5.82 Å². The van der Waals surface area contributed by atoms with Gasteiger partial charge in [0.25, 0.3) is 0 Å². The van der Waals surface area contributed by atoms with Gasteiger partial charge in [-0.2, -0.15) is 5.10 Å². The Bertz CT molecular complexity index is 453. The molecule has 0 spiro atoms. The molecule has 0 saturated heterocycles. The number of anilines is 1. The average molecular weight is 251 g/mol. The first kappa shape index (κ1) is 14.5. The number of amidine groups is 1. The SMILES string of the molecule is Cc1nn(C)c(N(C)C(C)C(C)(C)C)c1C(=N)N. The van der Waals surface area contributed by atoms with Crippen LogP contribution in [0.5, 0.6) is 0 Å².